The molecule has 0 aromatic heterocycles. The molecule has 1 saturated heterocycles. The topological polar surface area (TPSA) is 90.2 Å². The molecule has 1 fully saturated rings. The molecule has 13 heavy (non-hydrogen) atoms. The summed E-state index contributed by atoms with van der Waals surface area (Å²) in [7, 11) is 0. The van der Waals surface area contributed by atoms with Crippen molar-refractivity contribution in [2.45, 2.75) is 30.6 Å². The van der Waals surface area contributed by atoms with Crippen LogP contribution in [0.4, 0.5) is 4.39 Å². The first-order chi connectivity index (χ1) is 6.11. The highest BCUT2D eigenvalue weighted by atomic mass is 19.1. The fourth-order valence-electron chi connectivity index (χ4n) is 1.30. The van der Waals surface area contributed by atoms with Crippen LogP contribution in [0.3, 0.4) is 0 Å². The van der Waals surface area contributed by atoms with Gasteiger partial charge in [-0.05, 0) is 0 Å². The maximum absolute atomic E-state index is 13.0. The van der Waals surface area contributed by atoms with Crippen molar-refractivity contribution in [3.63, 3.8) is 0 Å². The Morgan fingerprint density at radius 2 is 1.38 bits per heavy atom. The zero-order valence-corrected chi connectivity index (χ0v) is 6.88. The molecule has 0 amide bonds. The number of ether oxygens (including phenoxy) is 1. The summed E-state index contributed by atoms with van der Waals surface area (Å²) in [6, 6.07) is 0. The molecule has 5 nitrogen and oxygen atoms in total. The first-order valence-electron chi connectivity index (χ1n) is 3.99. The van der Waals surface area contributed by atoms with E-state index < -0.39 is 43.8 Å². The predicted molar refractivity (Wildman–Crippen MR) is 39.7 cm³/mol. The summed E-state index contributed by atoms with van der Waals surface area (Å²) >= 11 is 0. The van der Waals surface area contributed by atoms with Crippen molar-refractivity contribution in [3.8, 4) is 0 Å². The van der Waals surface area contributed by atoms with Crippen LogP contribution in [-0.2, 0) is 4.74 Å². The number of hydrogen-bond donors (Lipinski definition) is 4. The van der Waals surface area contributed by atoms with Crippen molar-refractivity contribution in [1.82, 2.24) is 0 Å². The average Bonchev–Trinajstić information content (AvgIpc) is 2.15. The fourth-order valence-corrected chi connectivity index (χ4v) is 1.30. The minimum absolute atomic E-state index is 0.551. The summed E-state index contributed by atoms with van der Waals surface area (Å²) in [5, 5.41) is 35.6. The SMILES string of the molecule is OCC1O[C@@H](CO)C(O)C(F)[C@@H]1O. The maximum Gasteiger partial charge on any atom is 0.157 e. The highest BCUT2D eigenvalue weighted by molar-refractivity contribution is 4.91. The van der Waals surface area contributed by atoms with Crippen LogP contribution >= 0.6 is 0 Å². The van der Waals surface area contributed by atoms with Crippen molar-refractivity contribution in [3.05, 3.63) is 0 Å². The van der Waals surface area contributed by atoms with Gasteiger partial charge in [-0.25, -0.2) is 4.39 Å². The Morgan fingerprint density at radius 1 is 1.00 bits per heavy atom. The van der Waals surface area contributed by atoms with Gasteiger partial charge in [-0.2, -0.15) is 0 Å². The fraction of sp³-hybridized carbons (Fsp3) is 1.00. The first-order valence-corrected chi connectivity index (χ1v) is 3.99. The molecule has 6 heteroatoms. The van der Waals surface area contributed by atoms with Gasteiger partial charge in [-0.1, -0.05) is 0 Å². The predicted octanol–water partition coefficient (Wildman–Crippen LogP) is -2.20. The molecule has 0 spiro atoms. The summed E-state index contributed by atoms with van der Waals surface area (Å²) < 4.78 is 17.9. The maximum atomic E-state index is 13.0. The Kier molecular flexibility index (Phi) is 3.57. The second kappa shape index (κ2) is 4.30. The van der Waals surface area contributed by atoms with E-state index in [1.54, 1.807) is 0 Å². The molecular weight excluding hydrogens is 183 g/mol. The summed E-state index contributed by atoms with van der Waals surface area (Å²) in [6.45, 7) is -1.10. The Labute approximate surface area is 74.4 Å². The monoisotopic (exact) mass is 196 g/mol. The van der Waals surface area contributed by atoms with Crippen LogP contribution in [0, 0.1) is 0 Å². The number of aliphatic hydroxyl groups excluding tert-OH is 4. The smallest absolute Gasteiger partial charge is 0.157 e. The van der Waals surface area contributed by atoms with Crippen molar-refractivity contribution in [2.24, 2.45) is 0 Å². The average molecular weight is 196 g/mol. The van der Waals surface area contributed by atoms with Gasteiger partial charge in [0.15, 0.2) is 6.17 Å². The van der Waals surface area contributed by atoms with E-state index in [1.807, 2.05) is 0 Å². The molecule has 0 saturated carbocycles. The third-order valence-corrected chi connectivity index (χ3v) is 2.12. The van der Waals surface area contributed by atoms with E-state index in [0.717, 1.165) is 0 Å². The summed E-state index contributed by atoms with van der Waals surface area (Å²) in [5.74, 6) is 0. The lowest BCUT2D eigenvalue weighted by Crippen LogP contribution is -2.57. The molecule has 1 aliphatic rings. The minimum Gasteiger partial charge on any atom is -0.394 e. The van der Waals surface area contributed by atoms with Crippen LogP contribution in [0.25, 0.3) is 0 Å². The summed E-state index contributed by atoms with van der Waals surface area (Å²) in [5.41, 5.74) is 0. The van der Waals surface area contributed by atoms with Crippen LogP contribution in [-0.4, -0.2) is 64.2 Å². The van der Waals surface area contributed by atoms with E-state index in [1.165, 1.54) is 0 Å². The molecule has 1 heterocycles. The van der Waals surface area contributed by atoms with Crippen LogP contribution in [0.2, 0.25) is 0 Å². The second-order valence-electron chi connectivity index (χ2n) is 3.00. The van der Waals surface area contributed by atoms with E-state index >= 15 is 0 Å². The highest BCUT2D eigenvalue weighted by Gasteiger charge is 2.44. The van der Waals surface area contributed by atoms with Gasteiger partial charge in [-0.3, -0.25) is 0 Å². The first kappa shape index (κ1) is 10.8. The standard InChI is InChI=1S/C7H13FO5/c8-5-6(11)3(1-9)13-4(2-10)7(5)12/h3-7,9-12H,1-2H2/t3-,4?,5?,6?,7+/m0/s1. The number of hydrogen-bond acceptors (Lipinski definition) is 5. The Bertz CT molecular complexity index is 147. The van der Waals surface area contributed by atoms with Crippen molar-refractivity contribution < 1.29 is 29.6 Å². The van der Waals surface area contributed by atoms with E-state index in [9.17, 15) is 4.39 Å². The quantitative estimate of drug-likeness (QED) is 0.402. The van der Waals surface area contributed by atoms with Crippen LogP contribution < -0.4 is 0 Å². The number of rotatable bonds is 2. The lowest BCUT2D eigenvalue weighted by molar-refractivity contribution is -0.219. The molecule has 3 unspecified atom stereocenters. The number of halogens is 1. The molecule has 0 aromatic rings. The van der Waals surface area contributed by atoms with Gasteiger partial charge >= 0.3 is 0 Å². The molecule has 78 valence electrons. The van der Waals surface area contributed by atoms with E-state index in [0.29, 0.717) is 0 Å². The van der Waals surface area contributed by atoms with Crippen LogP contribution in [0.15, 0.2) is 0 Å². The Hall–Kier alpha value is -0.270. The molecule has 4 N–H and O–H groups in total. The highest BCUT2D eigenvalue weighted by Crippen LogP contribution is 2.22. The van der Waals surface area contributed by atoms with Crippen molar-refractivity contribution >= 4 is 0 Å². The van der Waals surface area contributed by atoms with Gasteiger partial charge < -0.3 is 25.2 Å². The lowest BCUT2D eigenvalue weighted by atomic mass is 9.97. The van der Waals surface area contributed by atoms with Crippen molar-refractivity contribution in [1.29, 1.82) is 0 Å². The van der Waals surface area contributed by atoms with Gasteiger partial charge in [0.2, 0.25) is 0 Å². The van der Waals surface area contributed by atoms with E-state index in [2.05, 4.69) is 0 Å². The Balaban J connectivity index is 2.66. The molecule has 0 radical (unpaired) electrons. The second-order valence-corrected chi connectivity index (χ2v) is 3.00. The zero-order valence-electron chi connectivity index (χ0n) is 6.88. The summed E-state index contributed by atoms with van der Waals surface area (Å²) in [6.07, 6.45) is -7.18. The minimum atomic E-state index is -1.90. The normalized spacial score (nSPS) is 46.4. The van der Waals surface area contributed by atoms with Gasteiger partial charge in [0, 0.05) is 0 Å². The summed E-state index contributed by atoms with van der Waals surface area (Å²) in [4.78, 5) is 0. The van der Waals surface area contributed by atoms with Gasteiger partial charge in [0.05, 0.1) is 13.2 Å². The number of alkyl halides is 1. The van der Waals surface area contributed by atoms with Gasteiger partial charge in [0.1, 0.15) is 24.4 Å². The Morgan fingerprint density at radius 3 is 1.69 bits per heavy atom. The van der Waals surface area contributed by atoms with E-state index in [4.69, 9.17) is 25.2 Å². The molecule has 0 bridgehead atoms. The molecule has 0 aliphatic carbocycles. The zero-order chi connectivity index (χ0) is 10.0. The van der Waals surface area contributed by atoms with E-state index in [-0.39, 0.29) is 0 Å². The largest absolute Gasteiger partial charge is 0.394 e. The van der Waals surface area contributed by atoms with Gasteiger partial charge in [0.25, 0.3) is 0 Å². The molecule has 5 atom stereocenters. The third kappa shape index (κ3) is 1.97. The third-order valence-electron chi connectivity index (χ3n) is 2.12. The lowest BCUT2D eigenvalue weighted by Gasteiger charge is -2.38. The van der Waals surface area contributed by atoms with Crippen molar-refractivity contribution in [2.75, 3.05) is 13.2 Å². The molecule has 1 aliphatic heterocycles. The molecule has 1 rings (SSSR count). The van der Waals surface area contributed by atoms with Crippen LogP contribution in [0.1, 0.15) is 0 Å². The van der Waals surface area contributed by atoms with Crippen LogP contribution in [0.5, 0.6) is 0 Å². The van der Waals surface area contributed by atoms with Gasteiger partial charge in [-0.15, -0.1) is 0 Å². The molecular formula is C7H13FO5. The number of aliphatic hydroxyl groups is 4. The molecule has 0 aromatic carbocycles.